The van der Waals surface area contributed by atoms with Crippen LogP contribution in [-0.4, -0.2) is 61.5 Å². The van der Waals surface area contributed by atoms with E-state index in [9.17, 15) is 13.6 Å². The quantitative estimate of drug-likeness (QED) is 0.403. The van der Waals surface area contributed by atoms with E-state index in [-0.39, 0.29) is 17.6 Å². The maximum atomic E-state index is 13.6. The second-order valence-corrected chi connectivity index (χ2v) is 10.1. The van der Waals surface area contributed by atoms with Crippen LogP contribution < -0.4 is 4.90 Å². The van der Waals surface area contributed by atoms with Crippen molar-refractivity contribution in [2.24, 2.45) is 0 Å². The first-order valence-electron chi connectivity index (χ1n) is 13.4. The number of amides is 1. The first-order valence-corrected chi connectivity index (χ1v) is 13.4. The second kappa shape index (κ2) is 12.4. The number of hydrogen-bond donors (Lipinski definition) is 0. The largest absolute Gasteiger partial charge is 0.372 e. The minimum Gasteiger partial charge on any atom is -0.372 e. The van der Waals surface area contributed by atoms with Gasteiger partial charge in [-0.05, 0) is 60.4 Å². The molecule has 8 heteroatoms. The lowest BCUT2D eigenvalue weighted by atomic mass is 10.1. The average Bonchev–Trinajstić information content (AvgIpc) is 3.50. The topological polar surface area (TPSA) is 59.8 Å². The van der Waals surface area contributed by atoms with Crippen LogP contribution in [0.4, 0.5) is 14.5 Å². The monoisotopic (exact) mass is 530 g/mol. The molecule has 0 aromatic heterocycles. The smallest absolute Gasteiger partial charge is 0.254 e. The highest BCUT2D eigenvalue weighted by molar-refractivity contribution is 5.94. The molecule has 3 aromatic rings. The SMILES string of the molecule is N#Cc1ccc(COC(CN2CCN(C(=O)c3cc(F)cc(F)c3)CC2)c2cccc(N3CCCC3)c2)cc1. The molecule has 2 saturated heterocycles. The first-order chi connectivity index (χ1) is 19.0. The molecular formula is C31H32F2N4O2. The van der Waals surface area contributed by atoms with Crippen LogP contribution in [0.25, 0.3) is 0 Å². The predicted octanol–water partition coefficient (Wildman–Crippen LogP) is 5.15. The van der Waals surface area contributed by atoms with Crippen LogP contribution in [0.5, 0.6) is 0 Å². The van der Waals surface area contributed by atoms with E-state index in [1.54, 1.807) is 17.0 Å². The number of carbonyl (C=O) groups is 1. The first kappa shape index (κ1) is 26.8. The zero-order valence-electron chi connectivity index (χ0n) is 21.9. The Kier molecular flexibility index (Phi) is 8.50. The predicted molar refractivity (Wildman–Crippen MR) is 145 cm³/mol. The summed E-state index contributed by atoms with van der Waals surface area (Å²) in [6.45, 7) is 5.37. The number of benzene rings is 3. The lowest BCUT2D eigenvalue weighted by Crippen LogP contribution is -2.49. The van der Waals surface area contributed by atoms with Gasteiger partial charge in [0.1, 0.15) is 11.6 Å². The van der Waals surface area contributed by atoms with Gasteiger partial charge in [-0.2, -0.15) is 5.26 Å². The van der Waals surface area contributed by atoms with Gasteiger partial charge in [0.25, 0.3) is 5.91 Å². The maximum Gasteiger partial charge on any atom is 0.254 e. The lowest BCUT2D eigenvalue weighted by Gasteiger charge is -2.36. The third kappa shape index (κ3) is 6.80. The number of anilines is 1. The summed E-state index contributed by atoms with van der Waals surface area (Å²) in [6, 6.07) is 21.0. The minimum atomic E-state index is -0.754. The molecule has 0 spiro atoms. The fourth-order valence-electron chi connectivity index (χ4n) is 5.25. The van der Waals surface area contributed by atoms with Crippen molar-refractivity contribution in [1.82, 2.24) is 9.80 Å². The van der Waals surface area contributed by atoms with Gasteiger partial charge in [-0.25, -0.2) is 8.78 Å². The number of halogens is 2. The molecular weight excluding hydrogens is 498 g/mol. The summed E-state index contributed by atoms with van der Waals surface area (Å²) in [6.07, 6.45) is 2.21. The Bertz CT molecular complexity index is 1310. The van der Waals surface area contributed by atoms with Crippen molar-refractivity contribution in [2.75, 3.05) is 50.7 Å². The minimum absolute atomic E-state index is 0.0308. The van der Waals surface area contributed by atoms with Crippen molar-refractivity contribution >= 4 is 11.6 Å². The molecule has 6 nitrogen and oxygen atoms in total. The van der Waals surface area contributed by atoms with Crippen LogP contribution in [-0.2, 0) is 11.3 Å². The number of nitrogens with zero attached hydrogens (tertiary/aromatic N) is 4. The summed E-state index contributed by atoms with van der Waals surface area (Å²) in [7, 11) is 0. The molecule has 2 heterocycles. The van der Waals surface area contributed by atoms with Crippen molar-refractivity contribution in [1.29, 1.82) is 5.26 Å². The molecule has 3 aromatic carbocycles. The maximum absolute atomic E-state index is 13.6. The van der Waals surface area contributed by atoms with Gasteiger partial charge in [-0.1, -0.05) is 24.3 Å². The molecule has 39 heavy (non-hydrogen) atoms. The van der Waals surface area contributed by atoms with E-state index < -0.39 is 11.6 Å². The number of carbonyl (C=O) groups excluding carboxylic acids is 1. The van der Waals surface area contributed by atoms with Gasteiger partial charge in [0, 0.05) is 63.1 Å². The van der Waals surface area contributed by atoms with Crippen LogP contribution in [0, 0.1) is 23.0 Å². The summed E-state index contributed by atoms with van der Waals surface area (Å²) in [5, 5.41) is 9.09. The molecule has 0 bridgehead atoms. The summed E-state index contributed by atoms with van der Waals surface area (Å²) in [5.74, 6) is -1.87. The van der Waals surface area contributed by atoms with Crippen LogP contribution >= 0.6 is 0 Å². The molecule has 0 radical (unpaired) electrons. The Morgan fingerprint density at radius 2 is 1.59 bits per heavy atom. The van der Waals surface area contributed by atoms with E-state index >= 15 is 0 Å². The molecule has 1 unspecified atom stereocenters. The molecule has 0 N–H and O–H groups in total. The van der Waals surface area contributed by atoms with Gasteiger partial charge in [0.05, 0.1) is 24.3 Å². The van der Waals surface area contributed by atoms with Crippen LogP contribution in [0.1, 0.15) is 46.0 Å². The Labute approximate surface area is 228 Å². The molecule has 2 aliphatic rings. The van der Waals surface area contributed by atoms with Crippen molar-refractivity contribution in [3.63, 3.8) is 0 Å². The van der Waals surface area contributed by atoms with E-state index in [1.807, 2.05) is 12.1 Å². The van der Waals surface area contributed by atoms with Crippen LogP contribution in [0.2, 0.25) is 0 Å². The number of ether oxygens (including phenoxy) is 1. The van der Waals surface area contributed by atoms with E-state index in [0.29, 0.717) is 44.9 Å². The molecule has 1 atom stereocenters. The van der Waals surface area contributed by atoms with Gasteiger partial charge in [0.2, 0.25) is 0 Å². The van der Waals surface area contributed by atoms with Gasteiger partial charge < -0.3 is 14.5 Å². The van der Waals surface area contributed by atoms with Gasteiger partial charge in [-0.3, -0.25) is 9.69 Å². The summed E-state index contributed by atoms with van der Waals surface area (Å²) in [4.78, 5) is 19.2. The standard InChI is InChI=1S/C31H32F2N4O2/c32-27-16-26(17-28(33)19-27)31(38)37-14-12-35(13-15-37)21-30(39-22-24-8-6-23(20-34)7-9-24)25-4-3-5-29(18-25)36-10-1-2-11-36/h3-9,16-19,30H,1-2,10-15,21-22H2. The number of rotatable bonds is 8. The average molecular weight is 531 g/mol. The number of hydrogen-bond acceptors (Lipinski definition) is 5. The number of nitriles is 1. The number of piperazine rings is 1. The molecule has 202 valence electrons. The zero-order valence-corrected chi connectivity index (χ0v) is 21.9. The molecule has 1 amide bonds. The zero-order chi connectivity index (χ0) is 27.2. The van der Waals surface area contributed by atoms with Crippen molar-refractivity contribution in [3.05, 3.63) is 101 Å². The van der Waals surface area contributed by atoms with Crippen molar-refractivity contribution < 1.29 is 18.3 Å². The molecule has 0 saturated carbocycles. The highest BCUT2D eigenvalue weighted by Crippen LogP contribution is 2.28. The van der Waals surface area contributed by atoms with Crippen molar-refractivity contribution in [2.45, 2.75) is 25.6 Å². The fraction of sp³-hybridized carbons (Fsp3) is 0.355. The van der Waals surface area contributed by atoms with Crippen LogP contribution in [0.3, 0.4) is 0 Å². The van der Waals surface area contributed by atoms with E-state index in [1.165, 1.54) is 18.5 Å². The van der Waals surface area contributed by atoms with E-state index in [0.717, 1.165) is 42.4 Å². The molecule has 0 aliphatic carbocycles. The Hall–Kier alpha value is -3.80. The summed E-state index contributed by atoms with van der Waals surface area (Å²) in [5.41, 5.74) is 3.94. The third-order valence-corrected chi connectivity index (χ3v) is 7.44. The molecule has 5 rings (SSSR count). The fourth-order valence-corrected chi connectivity index (χ4v) is 5.25. The Morgan fingerprint density at radius 3 is 2.26 bits per heavy atom. The van der Waals surface area contributed by atoms with Crippen molar-refractivity contribution in [3.8, 4) is 6.07 Å². The summed E-state index contributed by atoms with van der Waals surface area (Å²) < 4.78 is 33.7. The Balaban J connectivity index is 1.26. The van der Waals surface area contributed by atoms with Crippen LogP contribution in [0.15, 0.2) is 66.7 Å². The molecule has 2 fully saturated rings. The lowest BCUT2D eigenvalue weighted by molar-refractivity contribution is 0.00343. The third-order valence-electron chi connectivity index (χ3n) is 7.44. The second-order valence-electron chi connectivity index (χ2n) is 10.1. The normalized spacial score (nSPS) is 16.7. The van der Waals surface area contributed by atoms with E-state index in [2.05, 4.69) is 40.1 Å². The van der Waals surface area contributed by atoms with Gasteiger partial charge in [0.15, 0.2) is 0 Å². The summed E-state index contributed by atoms with van der Waals surface area (Å²) >= 11 is 0. The van der Waals surface area contributed by atoms with Gasteiger partial charge >= 0.3 is 0 Å². The highest BCUT2D eigenvalue weighted by atomic mass is 19.1. The van der Waals surface area contributed by atoms with E-state index in [4.69, 9.17) is 10.00 Å². The Morgan fingerprint density at radius 1 is 0.897 bits per heavy atom. The van der Waals surface area contributed by atoms with Gasteiger partial charge in [-0.15, -0.1) is 0 Å². The highest BCUT2D eigenvalue weighted by Gasteiger charge is 2.26. The molecule has 2 aliphatic heterocycles.